The number of H-pyrrole nitrogens is 1. The molecule has 0 bridgehead atoms. The fourth-order valence-corrected chi connectivity index (χ4v) is 2.73. The quantitative estimate of drug-likeness (QED) is 0.582. The van der Waals surface area contributed by atoms with Crippen LogP contribution in [0, 0.1) is 0 Å². The average molecular weight is 387 g/mol. The van der Waals surface area contributed by atoms with E-state index in [1.54, 1.807) is 30.6 Å². The molecule has 142 valence electrons. The summed E-state index contributed by atoms with van der Waals surface area (Å²) in [6.45, 7) is 0.141. The maximum Gasteiger partial charge on any atom is 0.573 e. The summed E-state index contributed by atoms with van der Waals surface area (Å²) in [4.78, 5) is 19.7. The van der Waals surface area contributed by atoms with Gasteiger partial charge in [-0.3, -0.25) is 4.79 Å². The van der Waals surface area contributed by atoms with Crippen LogP contribution in [-0.4, -0.2) is 31.3 Å². The zero-order valence-corrected chi connectivity index (χ0v) is 14.1. The first kappa shape index (κ1) is 17.7. The second-order valence-electron chi connectivity index (χ2n) is 5.89. The average Bonchev–Trinajstić information content (AvgIpc) is 3.16. The monoisotopic (exact) mass is 387 g/mol. The van der Waals surface area contributed by atoms with Gasteiger partial charge in [-0.05, 0) is 35.4 Å². The molecule has 0 atom stereocenters. The molecule has 0 amide bonds. The van der Waals surface area contributed by atoms with E-state index in [0.717, 1.165) is 0 Å². The lowest BCUT2D eigenvalue weighted by atomic mass is 10.0. The SMILES string of the molecule is O=c1c2cc(-c3ccc(OC(F)(F)F)cc3)ccc2nnn1Cc1ncc[nH]1. The first-order chi connectivity index (χ1) is 13.4. The van der Waals surface area contributed by atoms with Crippen LogP contribution in [0.15, 0.2) is 59.7 Å². The van der Waals surface area contributed by atoms with E-state index in [0.29, 0.717) is 27.9 Å². The number of fused-ring (bicyclic) bond motifs is 1. The van der Waals surface area contributed by atoms with Gasteiger partial charge >= 0.3 is 6.36 Å². The molecule has 28 heavy (non-hydrogen) atoms. The molecule has 0 aliphatic carbocycles. The second-order valence-corrected chi connectivity index (χ2v) is 5.89. The van der Waals surface area contributed by atoms with E-state index >= 15 is 0 Å². The molecule has 0 aliphatic rings. The standard InChI is InChI=1S/C18H12F3N5O2/c19-18(20,21)28-13-4-1-11(2-5-13)12-3-6-15-14(9-12)17(27)26(25-24-15)10-16-22-7-8-23-16/h1-9H,10H2,(H,22,23). The van der Waals surface area contributed by atoms with Crippen molar-refractivity contribution in [2.75, 3.05) is 0 Å². The predicted octanol–water partition coefficient (Wildman–Crippen LogP) is 3.13. The van der Waals surface area contributed by atoms with Crippen LogP contribution < -0.4 is 10.3 Å². The van der Waals surface area contributed by atoms with E-state index in [9.17, 15) is 18.0 Å². The molecular weight excluding hydrogens is 375 g/mol. The third-order valence-electron chi connectivity index (χ3n) is 4.00. The van der Waals surface area contributed by atoms with Gasteiger partial charge in [0.2, 0.25) is 0 Å². The van der Waals surface area contributed by atoms with Crippen LogP contribution in [-0.2, 0) is 6.54 Å². The lowest BCUT2D eigenvalue weighted by Crippen LogP contribution is -2.25. The Morgan fingerprint density at radius 1 is 1.07 bits per heavy atom. The van der Waals surface area contributed by atoms with E-state index in [2.05, 4.69) is 25.0 Å². The van der Waals surface area contributed by atoms with Crippen LogP contribution in [0.4, 0.5) is 13.2 Å². The molecule has 4 aromatic rings. The molecule has 0 fully saturated rings. The smallest absolute Gasteiger partial charge is 0.406 e. The van der Waals surface area contributed by atoms with Gasteiger partial charge in [0, 0.05) is 12.4 Å². The first-order valence-corrected chi connectivity index (χ1v) is 8.11. The number of aromatic amines is 1. The molecule has 2 aromatic carbocycles. The number of benzene rings is 2. The zero-order valence-electron chi connectivity index (χ0n) is 14.1. The minimum absolute atomic E-state index is 0.141. The third kappa shape index (κ3) is 3.70. The number of hydrogen-bond acceptors (Lipinski definition) is 5. The summed E-state index contributed by atoms with van der Waals surface area (Å²) in [6, 6.07) is 10.4. The topological polar surface area (TPSA) is 85.7 Å². The number of ether oxygens (including phenoxy) is 1. The molecule has 1 N–H and O–H groups in total. The number of imidazole rings is 1. The van der Waals surface area contributed by atoms with Crippen LogP contribution in [0.2, 0.25) is 0 Å². The predicted molar refractivity (Wildman–Crippen MR) is 93.6 cm³/mol. The Balaban J connectivity index is 1.68. The minimum atomic E-state index is -4.75. The molecule has 0 aliphatic heterocycles. The first-order valence-electron chi connectivity index (χ1n) is 8.11. The van der Waals surface area contributed by atoms with Crippen molar-refractivity contribution in [2.24, 2.45) is 0 Å². The highest BCUT2D eigenvalue weighted by Gasteiger charge is 2.30. The van der Waals surface area contributed by atoms with Crippen molar-refractivity contribution in [3.63, 3.8) is 0 Å². The highest BCUT2D eigenvalue weighted by atomic mass is 19.4. The van der Waals surface area contributed by atoms with E-state index in [-0.39, 0.29) is 17.9 Å². The van der Waals surface area contributed by atoms with E-state index < -0.39 is 6.36 Å². The third-order valence-corrected chi connectivity index (χ3v) is 4.00. The minimum Gasteiger partial charge on any atom is -0.406 e. The van der Waals surface area contributed by atoms with Gasteiger partial charge in [-0.15, -0.1) is 18.3 Å². The van der Waals surface area contributed by atoms with Crippen molar-refractivity contribution in [3.8, 4) is 16.9 Å². The van der Waals surface area contributed by atoms with Crippen molar-refractivity contribution in [3.05, 3.63) is 71.0 Å². The molecule has 0 radical (unpaired) electrons. The van der Waals surface area contributed by atoms with Gasteiger partial charge in [0.15, 0.2) is 0 Å². The van der Waals surface area contributed by atoms with Crippen molar-refractivity contribution >= 4 is 10.9 Å². The number of nitrogens with zero attached hydrogens (tertiary/aromatic N) is 4. The molecule has 2 aromatic heterocycles. The number of halogens is 3. The summed E-state index contributed by atoms with van der Waals surface area (Å²) in [5.74, 6) is 0.246. The van der Waals surface area contributed by atoms with Crippen molar-refractivity contribution in [1.29, 1.82) is 0 Å². The van der Waals surface area contributed by atoms with E-state index in [1.807, 2.05) is 0 Å². The van der Waals surface area contributed by atoms with Gasteiger partial charge < -0.3 is 9.72 Å². The molecule has 4 rings (SSSR count). The number of alkyl halides is 3. The molecule has 10 heteroatoms. The Morgan fingerprint density at radius 3 is 2.50 bits per heavy atom. The Labute approximate surface area is 155 Å². The number of hydrogen-bond donors (Lipinski definition) is 1. The molecule has 2 heterocycles. The van der Waals surface area contributed by atoms with Crippen LogP contribution >= 0.6 is 0 Å². The number of aromatic nitrogens is 5. The largest absolute Gasteiger partial charge is 0.573 e. The van der Waals surface area contributed by atoms with Gasteiger partial charge in [-0.1, -0.05) is 23.4 Å². The second kappa shape index (κ2) is 6.80. The highest BCUT2D eigenvalue weighted by molar-refractivity contribution is 5.83. The molecule has 0 saturated heterocycles. The summed E-state index contributed by atoms with van der Waals surface area (Å²) < 4.78 is 41.9. The van der Waals surface area contributed by atoms with E-state index in [4.69, 9.17) is 0 Å². The lowest BCUT2D eigenvalue weighted by molar-refractivity contribution is -0.274. The summed E-state index contributed by atoms with van der Waals surface area (Å²) in [6.07, 6.45) is -1.54. The van der Waals surface area contributed by atoms with Crippen LogP contribution in [0.25, 0.3) is 22.0 Å². The molecular formula is C18H12F3N5O2. The molecule has 0 saturated carbocycles. The summed E-state index contributed by atoms with van der Waals surface area (Å²) in [5, 5.41) is 8.28. The Morgan fingerprint density at radius 2 is 1.82 bits per heavy atom. The highest BCUT2D eigenvalue weighted by Crippen LogP contribution is 2.27. The van der Waals surface area contributed by atoms with Gasteiger partial charge in [-0.25, -0.2) is 9.67 Å². The van der Waals surface area contributed by atoms with Crippen molar-refractivity contribution in [2.45, 2.75) is 12.9 Å². The number of nitrogens with one attached hydrogen (secondary N) is 1. The van der Waals surface area contributed by atoms with Gasteiger partial charge in [0.05, 0.1) is 5.39 Å². The zero-order chi connectivity index (χ0) is 19.7. The van der Waals surface area contributed by atoms with Crippen LogP contribution in [0.5, 0.6) is 5.75 Å². The Bertz CT molecular complexity index is 1170. The fraction of sp³-hybridized carbons (Fsp3) is 0.111. The van der Waals surface area contributed by atoms with E-state index in [1.165, 1.54) is 28.9 Å². The molecule has 0 spiro atoms. The summed E-state index contributed by atoms with van der Waals surface area (Å²) in [5.41, 5.74) is 1.35. The van der Waals surface area contributed by atoms with Gasteiger partial charge in [-0.2, -0.15) is 0 Å². The van der Waals surface area contributed by atoms with Gasteiger partial charge in [0.1, 0.15) is 23.6 Å². The molecule has 0 unspecified atom stereocenters. The molecule has 7 nitrogen and oxygen atoms in total. The van der Waals surface area contributed by atoms with Crippen LogP contribution in [0.3, 0.4) is 0 Å². The summed E-state index contributed by atoms with van der Waals surface area (Å²) in [7, 11) is 0. The fourth-order valence-electron chi connectivity index (χ4n) is 2.73. The van der Waals surface area contributed by atoms with Crippen molar-refractivity contribution < 1.29 is 17.9 Å². The Kier molecular flexibility index (Phi) is 4.30. The van der Waals surface area contributed by atoms with Gasteiger partial charge in [0.25, 0.3) is 5.56 Å². The van der Waals surface area contributed by atoms with Crippen LogP contribution in [0.1, 0.15) is 5.82 Å². The summed E-state index contributed by atoms with van der Waals surface area (Å²) >= 11 is 0. The normalized spacial score (nSPS) is 11.7. The lowest BCUT2D eigenvalue weighted by Gasteiger charge is -2.10. The number of rotatable bonds is 4. The maximum absolute atomic E-state index is 12.7. The maximum atomic E-state index is 12.7. The Hall–Kier alpha value is -3.69. The van der Waals surface area contributed by atoms with Crippen molar-refractivity contribution in [1.82, 2.24) is 25.0 Å².